The van der Waals surface area contributed by atoms with E-state index in [0.717, 1.165) is 19.6 Å². The molecule has 0 N–H and O–H groups in total. The molecule has 0 bridgehead atoms. The molecule has 0 heterocycles. The van der Waals surface area contributed by atoms with Crippen molar-refractivity contribution in [2.75, 3.05) is 13.2 Å². The first kappa shape index (κ1) is 15.9. The van der Waals surface area contributed by atoms with Crippen LogP contribution < -0.4 is 0 Å². The van der Waals surface area contributed by atoms with Crippen LogP contribution in [-0.2, 0) is 8.85 Å². The van der Waals surface area contributed by atoms with Crippen LogP contribution in [0.2, 0.25) is 6.55 Å². The van der Waals surface area contributed by atoms with Crippen molar-refractivity contribution < 1.29 is 8.85 Å². The average Bonchev–Trinajstić information content (AvgIpc) is 2.24. The first-order chi connectivity index (χ1) is 7.60. The van der Waals surface area contributed by atoms with E-state index in [1.807, 2.05) is 13.8 Å². The molecule has 96 valence electrons. The maximum atomic E-state index is 5.81. The largest absolute Gasteiger partial charge is 0.392 e. The van der Waals surface area contributed by atoms with Crippen LogP contribution in [0.1, 0.15) is 52.9 Å². The lowest BCUT2D eigenvalue weighted by atomic mass is 10.1. The van der Waals surface area contributed by atoms with Gasteiger partial charge in [-0.25, -0.2) is 0 Å². The Kier molecular flexibility index (Phi) is 8.90. The smallest absolute Gasteiger partial charge is 0.364 e. The minimum absolute atomic E-state index is 0.719. The summed E-state index contributed by atoms with van der Waals surface area (Å²) in [4.78, 5) is 0. The summed E-state index contributed by atoms with van der Waals surface area (Å²) in [5.41, 5.74) is 0. The first-order valence-corrected chi connectivity index (χ1v) is 8.88. The highest BCUT2D eigenvalue weighted by atomic mass is 28.4. The molecule has 0 amide bonds. The lowest BCUT2D eigenvalue weighted by Gasteiger charge is -2.28. The maximum absolute atomic E-state index is 5.81. The van der Waals surface area contributed by atoms with Gasteiger partial charge in [0.1, 0.15) is 0 Å². The van der Waals surface area contributed by atoms with E-state index < -0.39 is 8.56 Å². The molecule has 0 atom stereocenters. The molecule has 0 aliphatic heterocycles. The van der Waals surface area contributed by atoms with E-state index >= 15 is 0 Å². The van der Waals surface area contributed by atoms with Gasteiger partial charge < -0.3 is 8.85 Å². The van der Waals surface area contributed by atoms with Gasteiger partial charge in [-0.2, -0.15) is 0 Å². The minimum atomic E-state index is -2.11. The first-order valence-electron chi connectivity index (χ1n) is 6.56. The van der Waals surface area contributed by atoms with Crippen molar-refractivity contribution >= 4 is 8.56 Å². The fourth-order valence-electron chi connectivity index (χ4n) is 1.79. The molecule has 2 nitrogen and oxygen atoms in total. The van der Waals surface area contributed by atoms with Gasteiger partial charge in [-0.05, 0) is 38.4 Å². The van der Waals surface area contributed by atoms with Crippen molar-refractivity contribution in [3.8, 4) is 0 Å². The number of allylic oxidation sites excluding steroid dienone is 1. The van der Waals surface area contributed by atoms with E-state index in [0.29, 0.717) is 0 Å². The Bertz CT molecular complexity index is 186. The van der Waals surface area contributed by atoms with Gasteiger partial charge in [0.15, 0.2) is 0 Å². The highest BCUT2D eigenvalue weighted by Crippen LogP contribution is 2.22. The molecule has 3 heteroatoms. The zero-order chi connectivity index (χ0) is 12.4. The monoisotopic (exact) mass is 244 g/mol. The fraction of sp³-hybridized carbons (Fsp3) is 0.846. The van der Waals surface area contributed by atoms with E-state index in [4.69, 9.17) is 8.85 Å². The summed E-state index contributed by atoms with van der Waals surface area (Å²) in [5, 5.41) is 1.20. The van der Waals surface area contributed by atoms with E-state index in [1.54, 1.807) is 0 Å². The second-order valence-corrected chi connectivity index (χ2v) is 7.40. The lowest BCUT2D eigenvalue weighted by Crippen LogP contribution is -2.41. The van der Waals surface area contributed by atoms with Crippen LogP contribution in [0.15, 0.2) is 11.8 Å². The van der Waals surface area contributed by atoms with Crippen LogP contribution in [0, 0.1) is 0 Å². The molecule has 16 heavy (non-hydrogen) atoms. The third kappa shape index (κ3) is 5.82. The number of rotatable bonds is 10. The highest BCUT2D eigenvalue weighted by molar-refractivity contribution is 6.73. The minimum Gasteiger partial charge on any atom is -0.392 e. The van der Waals surface area contributed by atoms with Gasteiger partial charge in [-0.15, -0.1) is 0 Å². The molecule has 0 spiro atoms. The molecular weight excluding hydrogens is 216 g/mol. The van der Waals surface area contributed by atoms with E-state index in [9.17, 15) is 0 Å². The SMILES string of the molecule is C=C(CCCCCC)[Si](C)(OCC)OCC. The van der Waals surface area contributed by atoms with E-state index in [2.05, 4.69) is 20.0 Å². The van der Waals surface area contributed by atoms with Crippen molar-refractivity contribution in [3.05, 3.63) is 11.8 Å². The molecule has 0 aromatic rings. The Labute approximate surface area is 102 Å². The summed E-state index contributed by atoms with van der Waals surface area (Å²) >= 11 is 0. The number of hydrogen-bond acceptors (Lipinski definition) is 2. The molecule has 0 saturated heterocycles. The molecule has 0 rings (SSSR count). The van der Waals surface area contributed by atoms with E-state index in [-0.39, 0.29) is 0 Å². The number of hydrogen-bond donors (Lipinski definition) is 0. The highest BCUT2D eigenvalue weighted by Gasteiger charge is 2.33. The van der Waals surface area contributed by atoms with Crippen LogP contribution in [0.3, 0.4) is 0 Å². The molecule has 0 aromatic carbocycles. The lowest BCUT2D eigenvalue weighted by molar-refractivity contribution is 0.196. The molecule has 0 unspecified atom stereocenters. The molecule has 0 saturated carbocycles. The van der Waals surface area contributed by atoms with Crippen LogP contribution in [0.4, 0.5) is 0 Å². The Hall–Kier alpha value is -0.123. The van der Waals surface area contributed by atoms with Gasteiger partial charge in [-0.3, -0.25) is 0 Å². The predicted octanol–water partition coefficient (Wildman–Crippen LogP) is 4.20. The Morgan fingerprint density at radius 2 is 1.56 bits per heavy atom. The summed E-state index contributed by atoms with van der Waals surface area (Å²) in [5.74, 6) is 0. The van der Waals surface area contributed by atoms with Gasteiger partial charge in [0.25, 0.3) is 0 Å². The maximum Gasteiger partial charge on any atom is 0.364 e. The van der Waals surface area contributed by atoms with Gasteiger partial charge in [0.05, 0.1) is 0 Å². The Morgan fingerprint density at radius 3 is 2.00 bits per heavy atom. The van der Waals surface area contributed by atoms with Crippen LogP contribution in [-0.4, -0.2) is 21.8 Å². The van der Waals surface area contributed by atoms with E-state index in [1.165, 1.54) is 30.9 Å². The third-order valence-corrected chi connectivity index (χ3v) is 6.03. The quantitative estimate of drug-likeness (QED) is 0.423. The molecule has 0 aliphatic carbocycles. The van der Waals surface area contributed by atoms with Crippen LogP contribution >= 0.6 is 0 Å². The Balaban J connectivity index is 4.06. The van der Waals surface area contributed by atoms with Gasteiger partial charge in [0, 0.05) is 13.2 Å². The summed E-state index contributed by atoms with van der Waals surface area (Å²) in [6, 6.07) is 0. The molecule has 0 radical (unpaired) electrons. The predicted molar refractivity (Wildman–Crippen MR) is 72.8 cm³/mol. The van der Waals surface area contributed by atoms with Gasteiger partial charge >= 0.3 is 8.56 Å². The summed E-state index contributed by atoms with van der Waals surface area (Å²) < 4.78 is 11.6. The second kappa shape index (κ2) is 8.96. The summed E-state index contributed by atoms with van der Waals surface area (Å²) in [6.45, 7) is 14.0. The van der Waals surface area contributed by atoms with Crippen molar-refractivity contribution in [1.29, 1.82) is 0 Å². The zero-order valence-corrected chi connectivity index (χ0v) is 12.5. The van der Waals surface area contributed by atoms with Crippen molar-refractivity contribution in [2.24, 2.45) is 0 Å². The third-order valence-electron chi connectivity index (χ3n) is 2.81. The fourth-order valence-corrected chi connectivity index (χ4v) is 4.01. The second-order valence-electron chi connectivity index (χ2n) is 4.23. The normalized spacial score (nSPS) is 11.8. The van der Waals surface area contributed by atoms with Gasteiger partial charge in [-0.1, -0.05) is 32.8 Å². The average molecular weight is 244 g/mol. The van der Waals surface area contributed by atoms with Crippen molar-refractivity contribution in [2.45, 2.75) is 59.4 Å². The Morgan fingerprint density at radius 1 is 1.00 bits per heavy atom. The summed E-state index contributed by atoms with van der Waals surface area (Å²) in [7, 11) is -2.11. The van der Waals surface area contributed by atoms with Crippen molar-refractivity contribution in [1.82, 2.24) is 0 Å². The topological polar surface area (TPSA) is 18.5 Å². The van der Waals surface area contributed by atoms with Crippen LogP contribution in [0.5, 0.6) is 0 Å². The molecule has 0 fully saturated rings. The number of unbranched alkanes of at least 4 members (excludes halogenated alkanes) is 3. The van der Waals surface area contributed by atoms with Crippen LogP contribution in [0.25, 0.3) is 0 Å². The molecular formula is C13H28O2Si. The standard InChI is InChI=1S/C13H28O2Si/c1-6-9-10-11-12-13(4)16(5,14-7-2)15-8-3/h4,6-12H2,1-3,5H3. The van der Waals surface area contributed by atoms with Gasteiger partial charge in [0.2, 0.25) is 0 Å². The zero-order valence-electron chi connectivity index (χ0n) is 11.5. The molecule has 0 aromatic heterocycles. The molecule has 0 aliphatic rings. The summed E-state index contributed by atoms with van der Waals surface area (Å²) in [6.07, 6.45) is 6.16. The van der Waals surface area contributed by atoms with Crippen molar-refractivity contribution in [3.63, 3.8) is 0 Å².